The van der Waals surface area contributed by atoms with Crippen molar-refractivity contribution >= 4 is 27.8 Å². The number of esters is 1. The second-order valence-corrected chi connectivity index (χ2v) is 7.11. The number of hydrogen-bond acceptors (Lipinski definition) is 3. The molecule has 1 aromatic rings. The van der Waals surface area contributed by atoms with E-state index in [-0.39, 0.29) is 11.9 Å². The molecule has 0 saturated carbocycles. The Balaban J connectivity index is 2.22. The molecule has 2 rings (SSSR count). The minimum atomic E-state index is -0.552. The van der Waals surface area contributed by atoms with Crippen LogP contribution in [0.1, 0.15) is 50.0 Å². The highest BCUT2D eigenvalue weighted by molar-refractivity contribution is 9.10. The molecule has 1 unspecified atom stereocenters. The van der Waals surface area contributed by atoms with Gasteiger partial charge in [-0.05, 0) is 51.0 Å². The first kappa shape index (κ1) is 16.0. The number of rotatable bonds is 3. The molecule has 1 atom stereocenters. The molecule has 0 bridgehead atoms. The van der Waals surface area contributed by atoms with Gasteiger partial charge in [0.2, 0.25) is 0 Å². The van der Waals surface area contributed by atoms with E-state index in [4.69, 9.17) is 4.74 Å². The number of nitrogens with zero attached hydrogens (tertiary/aromatic N) is 1. The Kier molecular flexibility index (Phi) is 4.42. The SMILES string of the molecule is CCC(C(=O)OC(C)(C)C)N1Cc2cc(Br)ccc2C1=O. The van der Waals surface area contributed by atoms with Gasteiger partial charge in [-0.25, -0.2) is 4.79 Å². The quantitative estimate of drug-likeness (QED) is 0.781. The van der Waals surface area contributed by atoms with Crippen LogP contribution in [0.2, 0.25) is 0 Å². The van der Waals surface area contributed by atoms with E-state index in [1.165, 1.54) is 0 Å². The van der Waals surface area contributed by atoms with Gasteiger partial charge in [-0.1, -0.05) is 22.9 Å². The first-order chi connectivity index (χ1) is 9.73. The molecule has 114 valence electrons. The maximum atomic E-state index is 12.5. The van der Waals surface area contributed by atoms with Gasteiger partial charge >= 0.3 is 5.97 Å². The number of fused-ring (bicyclic) bond motifs is 1. The highest BCUT2D eigenvalue weighted by Crippen LogP contribution is 2.29. The van der Waals surface area contributed by atoms with E-state index in [1.54, 1.807) is 11.0 Å². The number of benzene rings is 1. The highest BCUT2D eigenvalue weighted by Gasteiger charge is 2.37. The summed E-state index contributed by atoms with van der Waals surface area (Å²) in [5, 5.41) is 0. The second kappa shape index (κ2) is 5.79. The molecule has 0 radical (unpaired) electrons. The third-order valence-corrected chi connectivity index (χ3v) is 3.83. The Hall–Kier alpha value is -1.36. The van der Waals surface area contributed by atoms with Crippen molar-refractivity contribution in [3.05, 3.63) is 33.8 Å². The summed E-state index contributed by atoms with van der Waals surface area (Å²) in [5.74, 6) is -0.444. The van der Waals surface area contributed by atoms with Gasteiger partial charge in [-0.3, -0.25) is 4.79 Å². The van der Waals surface area contributed by atoms with Crippen LogP contribution in [0.3, 0.4) is 0 Å². The molecule has 1 aliphatic heterocycles. The molecule has 0 aliphatic carbocycles. The fourth-order valence-electron chi connectivity index (χ4n) is 2.45. The molecule has 0 spiro atoms. The lowest BCUT2D eigenvalue weighted by Crippen LogP contribution is -2.44. The van der Waals surface area contributed by atoms with Crippen molar-refractivity contribution in [2.75, 3.05) is 0 Å². The molecule has 0 saturated heterocycles. The van der Waals surface area contributed by atoms with E-state index < -0.39 is 11.6 Å². The Morgan fingerprint density at radius 2 is 2.10 bits per heavy atom. The maximum absolute atomic E-state index is 12.5. The standard InChI is InChI=1S/C16H20BrNO3/c1-5-13(15(20)21-16(2,3)4)18-9-10-8-11(17)6-7-12(10)14(18)19/h6-8,13H,5,9H2,1-4H3. The topological polar surface area (TPSA) is 46.6 Å². The first-order valence-corrected chi connectivity index (χ1v) is 7.84. The van der Waals surface area contributed by atoms with E-state index in [1.807, 2.05) is 39.8 Å². The van der Waals surface area contributed by atoms with E-state index in [0.29, 0.717) is 18.5 Å². The highest BCUT2D eigenvalue weighted by atomic mass is 79.9. The maximum Gasteiger partial charge on any atom is 0.329 e. The summed E-state index contributed by atoms with van der Waals surface area (Å²) < 4.78 is 6.36. The lowest BCUT2D eigenvalue weighted by molar-refractivity contribution is -0.160. The monoisotopic (exact) mass is 353 g/mol. The van der Waals surface area contributed by atoms with Gasteiger partial charge < -0.3 is 9.64 Å². The second-order valence-electron chi connectivity index (χ2n) is 6.19. The third-order valence-electron chi connectivity index (χ3n) is 3.34. The minimum absolute atomic E-state index is 0.102. The Morgan fingerprint density at radius 3 is 2.67 bits per heavy atom. The average Bonchev–Trinajstić information content (AvgIpc) is 2.65. The molecule has 1 aromatic carbocycles. The van der Waals surface area contributed by atoms with E-state index in [2.05, 4.69) is 15.9 Å². The summed E-state index contributed by atoms with van der Waals surface area (Å²) in [6, 6.07) is 5.02. The molecule has 4 nitrogen and oxygen atoms in total. The molecule has 21 heavy (non-hydrogen) atoms. The number of hydrogen-bond donors (Lipinski definition) is 0. The predicted molar refractivity (Wildman–Crippen MR) is 83.9 cm³/mol. The normalized spacial score (nSPS) is 15.9. The number of amides is 1. The van der Waals surface area contributed by atoms with Crippen LogP contribution in [0, 0.1) is 0 Å². The van der Waals surface area contributed by atoms with Crippen molar-refractivity contribution in [2.24, 2.45) is 0 Å². The molecule has 0 aromatic heterocycles. The first-order valence-electron chi connectivity index (χ1n) is 7.05. The Labute approximate surface area is 133 Å². The molecule has 1 amide bonds. The van der Waals surface area contributed by atoms with Gasteiger partial charge in [0.1, 0.15) is 11.6 Å². The zero-order valence-corrected chi connectivity index (χ0v) is 14.4. The predicted octanol–water partition coefficient (Wildman–Crippen LogP) is 3.53. The van der Waals surface area contributed by atoms with Crippen LogP contribution >= 0.6 is 15.9 Å². The van der Waals surface area contributed by atoms with Gasteiger partial charge in [0.05, 0.1) is 0 Å². The zero-order chi connectivity index (χ0) is 15.8. The smallest absolute Gasteiger partial charge is 0.329 e. The van der Waals surface area contributed by atoms with Gasteiger partial charge in [0, 0.05) is 16.6 Å². The average molecular weight is 354 g/mol. The minimum Gasteiger partial charge on any atom is -0.458 e. The van der Waals surface area contributed by atoms with Crippen LogP contribution < -0.4 is 0 Å². The summed E-state index contributed by atoms with van der Waals surface area (Å²) in [7, 11) is 0. The molecule has 1 aliphatic rings. The largest absolute Gasteiger partial charge is 0.458 e. The molecule has 0 N–H and O–H groups in total. The van der Waals surface area contributed by atoms with E-state index >= 15 is 0 Å². The van der Waals surface area contributed by atoms with Crippen molar-refractivity contribution in [3.8, 4) is 0 Å². The molecule has 0 fully saturated rings. The number of halogens is 1. The van der Waals surface area contributed by atoms with Crippen LogP contribution in [0.15, 0.2) is 22.7 Å². The van der Waals surface area contributed by atoms with Crippen LogP contribution in [-0.4, -0.2) is 28.4 Å². The fraction of sp³-hybridized carbons (Fsp3) is 0.500. The van der Waals surface area contributed by atoms with Crippen molar-refractivity contribution in [1.29, 1.82) is 0 Å². The summed E-state index contributed by atoms with van der Waals surface area (Å²) in [5.41, 5.74) is 1.06. The van der Waals surface area contributed by atoms with Gasteiger partial charge in [-0.2, -0.15) is 0 Å². The summed E-state index contributed by atoms with van der Waals surface area (Å²) in [6.07, 6.45) is 0.538. The van der Waals surface area contributed by atoms with E-state index in [9.17, 15) is 9.59 Å². The molecular weight excluding hydrogens is 334 g/mol. The molecule has 1 heterocycles. The van der Waals surface area contributed by atoms with Gasteiger partial charge in [0.15, 0.2) is 0 Å². The summed E-state index contributed by atoms with van der Waals surface area (Å²) >= 11 is 3.41. The number of carbonyl (C=O) groups excluding carboxylic acids is 2. The summed E-state index contributed by atoms with van der Waals surface area (Å²) in [6.45, 7) is 7.83. The Morgan fingerprint density at radius 1 is 1.43 bits per heavy atom. The lowest BCUT2D eigenvalue weighted by atomic mass is 10.1. The van der Waals surface area contributed by atoms with Crippen LogP contribution in [0.25, 0.3) is 0 Å². The summed E-state index contributed by atoms with van der Waals surface area (Å²) in [4.78, 5) is 26.4. The molecule has 5 heteroatoms. The van der Waals surface area contributed by atoms with Gasteiger partial charge in [-0.15, -0.1) is 0 Å². The lowest BCUT2D eigenvalue weighted by Gasteiger charge is -2.29. The van der Waals surface area contributed by atoms with E-state index in [0.717, 1.165) is 10.0 Å². The van der Waals surface area contributed by atoms with Crippen molar-refractivity contribution in [3.63, 3.8) is 0 Å². The Bertz CT molecular complexity index is 577. The van der Waals surface area contributed by atoms with Crippen LogP contribution in [0.5, 0.6) is 0 Å². The zero-order valence-electron chi connectivity index (χ0n) is 12.8. The van der Waals surface area contributed by atoms with Crippen molar-refractivity contribution in [1.82, 2.24) is 4.90 Å². The van der Waals surface area contributed by atoms with Crippen molar-refractivity contribution in [2.45, 2.75) is 52.3 Å². The number of ether oxygens (including phenoxy) is 1. The van der Waals surface area contributed by atoms with Gasteiger partial charge in [0.25, 0.3) is 5.91 Å². The number of carbonyl (C=O) groups is 2. The van der Waals surface area contributed by atoms with Crippen LogP contribution in [-0.2, 0) is 16.1 Å². The van der Waals surface area contributed by atoms with Crippen molar-refractivity contribution < 1.29 is 14.3 Å². The fourth-order valence-corrected chi connectivity index (χ4v) is 2.86. The molecular formula is C16H20BrNO3. The van der Waals surface area contributed by atoms with Crippen LogP contribution in [0.4, 0.5) is 0 Å². The third kappa shape index (κ3) is 3.46.